The Labute approximate surface area is 126 Å². The van der Waals surface area contributed by atoms with Gasteiger partial charge in [-0.05, 0) is 48.1 Å². The highest BCUT2D eigenvalue weighted by atomic mass is 35.5. The van der Waals surface area contributed by atoms with Crippen molar-refractivity contribution >= 4 is 11.6 Å². The third kappa shape index (κ3) is 4.04. The van der Waals surface area contributed by atoms with Crippen molar-refractivity contribution < 1.29 is 4.74 Å². The molecule has 0 aliphatic rings. The van der Waals surface area contributed by atoms with E-state index in [-0.39, 0.29) is 0 Å². The van der Waals surface area contributed by atoms with Crippen LogP contribution in [0.3, 0.4) is 0 Å². The molecule has 0 aliphatic carbocycles. The molecular weight excluding hydrogens is 270 g/mol. The molecule has 0 fully saturated rings. The van der Waals surface area contributed by atoms with Crippen molar-refractivity contribution in [2.24, 2.45) is 5.92 Å². The number of benzene rings is 1. The smallest absolute Gasteiger partial charge is 0.118 e. The number of hydrogen-bond donors (Lipinski definition) is 0. The Bertz CT molecular complexity index is 543. The summed E-state index contributed by atoms with van der Waals surface area (Å²) in [5, 5.41) is 0.837. The van der Waals surface area contributed by atoms with E-state index in [0.717, 1.165) is 30.3 Å². The van der Waals surface area contributed by atoms with Crippen LogP contribution in [0.1, 0.15) is 25.0 Å². The maximum atomic E-state index is 6.26. The molecule has 1 heterocycles. The molecule has 3 heteroatoms. The lowest BCUT2D eigenvalue weighted by molar-refractivity contribution is 0.414. The zero-order valence-electron chi connectivity index (χ0n) is 12.4. The molecule has 0 radical (unpaired) electrons. The normalized spacial score (nSPS) is 11.1. The highest BCUT2D eigenvalue weighted by molar-refractivity contribution is 6.29. The molecule has 0 spiro atoms. The van der Waals surface area contributed by atoms with Gasteiger partial charge in [-0.1, -0.05) is 37.6 Å². The summed E-state index contributed by atoms with van der Waals surface area (Å²) in [4.78, 5) is 0. The van der Waals surface area contributed by atoms with E-state index in [1.807, 2.05) is 12.1 Å². The van der Waals surface area contributed by atoms with Crippen LogP contribution in [-0.2, 0) is 19.4 Å². The summed E-state index contributed by atoms with van der Waals surface area (Å²) in [6, 6.07) is 10.3. The molecule has 20 heavy (non-hydrogen) atoms. The molecular formula is C17H22ClNO. The van der Waals surface area contributed by atoms with Crippen molar-refractivity contribution in [2.45, 2.75) is 33.2 Å². The van der Waals surface area contributed by atoms with Crippen LogP contribution in [0.25, 0.3) is 0 Å². The molecule has 1 aromatic carbocycles. The summed E-state index contributed by atoms with van der Waals surface area (Å²) in [6.07, 6.45) is 4.20. The van der Waals surface area contributed by atoms with E-state index in [1.165, 1.54) is 11.1 Å². The number of halogens is 1. The number of rotatable bonds is 6. The largest absolute Gasteiger partial charge is 0.497 e. The minimum atomic E-state index is 0.606. The van der Waals surface area contributed by atoms with Gasteiger partial charge in [0.05, 0.1) is 7.11 Å². The Hall–Kier alpha value is -1.41. The lowest BCUT2D eigenvalue weighted by atomic mass is 10.1. The van der Waals surface area contributed by atoms with Gasteiger partial charge >= 0.3 is 0 Å². The number of ether oxygens (including phenoxy) is 1. The molecule has 0 atom stereocenters. The van der Waals surface area contributed by atoms with Gasteiger partial charge in [0, 0.05) is 12.7 Å². The summed E-state index contributed by atoms with van der Waals surface area (Å²) >= 11 is 6.26. The maximum absolute atomic E-state index is 6.26. The molecule has 2 nitrogen and oxygen atoms in total. The third-order valence-electron chi connectivity index (χ3n) is 3.32. The molecule has 1 aromatic heterocycles. The van der Waals surface area contributed by atoms with Gasteiger partial charge < -0.3 is 9.30 Å². The summed E-state index contributed by atoms with van der Waals surface area (Å²) in [6.45, 7) is 5.38. The van der Waals surface area contributed by atoms with E-state index in [4.69, 9.17) is 16.3 Å². The van der Waals surface area contributed by atoms with Gasteiger partial charge in [-0.2, -0.15) is 0 Å². The maximum Gasteiger partial charge on any atom is 0.118 e. The first-order chi connectivity index (χ1) is 9.58. The standard InChI is InChI=1S/C17H22ClNO/c1-13(2)11-19-12-15(10-17(19)18)5-4-14-6-8-16(20-3)9-7-14/h6-10,12-13H,4-5,11H2,1-3H3. The van der Waals surface area contributed by atoms with Gasteiger partial charge in [0.25, 0.3) is 0 Å². The van der Waals surface area contributed by atoms with E-state index >= 15 is 0 Å². The number of methoxy groups -OCH3 is 1. The molecule has 0 bridgehead atoms. The first kappa shape index (κ1) is 15.0. The lowest BCUT2D eigenvalue weighted by Crippen LogP contribution is -2.02. The first-order valence-electron chi connectivity index (χ1n) is 7.06. The molecule has 108 valence electrons. The molecule has 0 saturated carbocycles. The van der Waals surface area contributed by atoms with Crippen LogP contribution in [0.2, 0.25) is 5.15 Å². The summed E-state index contributed by atoms with van der Waals surface area (Å²) in [5.74, 6) is 1.51. The van der Waals surface area contributed by atoms with Crippen molar-refractivity contribution in [3.05, 3.63) is 52.8 Å². The highest BCUT2D eigenvalue weighted by Crippen LogP contribution is 2.19. The SMILES string of the molecule is COc1ccc(CCc2cc(Cl)n(CC(C)C)c2)cc1. The number of aromatic nitrogens is 1. The molecule has 0 saturated heterocycles. The van der Waals surface area contributed by atoms with Gasteiger partial charge in [-0.25, -0.2) is 0 Å². The van der Waals surface area contributed by atoms with Crippen LogP contribution in [0.5, 0.6) is 5.75 Å². The van der Waals surface area contributed by atoms with Crippen LogP contribution < -0.4 is 4.74 Å². The van der Waals surface area contributed by atoms with E-state index in [1.54, 1.807) is 7.11 Å². The minimum absolute atomic E-state index is 0.606. The van der Waals surface area contributed by atoms with Gasteiger partial charge in [-0.3, -0.25) is 0 Å². The van der Waals surface area contributed by atoms with Gasteiger partial charge in [-0.15, -0.1) is 0 Å². The van der Waals surface area contributed by atoms with Crippen LogP contribution in [0.4, 0.5) is 0 Å². The lowest BCUT2D eigenvalue weighted by Gasteiger charge is -2.07. The third-order valence-corrected chi connectivity index (χ3v) is 3.65. The van der Waals surface area contributed by atoms with Crippen molar-refractivity contribution in [1.82, 2.24) is 4.57 Å². The number of aryl methyl sites for hydroxylation is 2. The quantitative estimate of drug-likeness (QED) is 0.759. The molecule has 0 unspecified atom stereocenters. The van der Waals surface area contributed by atoms with Gasteiger partial charge in [0.1, 0.15) is 10.9 Å². The zero-order valence-corrected chi connectivity index (χ0v) is 13.2. The molecule has 0 amide bonds. The Morgan fingerprint density at radius 3 is 2.35 bits per heavy atom. The Balaban J connectivity index is 1.96. The molecule has 0 N–H and O–H groups in total. The fourth-order valence-corrected chi connectivity index (χ4v) is 2.54. The first-order valence-corrected chi connectivity index (χ1v) is 7.43. The van der Waals surface area contributed by atoms with Gasteiger partial charge in [0.2, 0.25) is 0 Å². The Morgan fingerprint density at radius 2 is 1.75 bits per heavy atom. The van der Waals surface area contributed by atoms with Crippen LogP contribution >= 0.6 is 11.6 Å². The van der Waals surface area contributed by atoms with Crippen LogP contribution in [0, 0.1) is 5.92 Å². The number of hydrogen-bond acceptors (Lipinski definition) is 1. The fraction of sp³-hybridized carbons (Fsp3) is 0.412. The second-order valence-electron chi connectivity index (χ2n) is 5.57. The zero-order chi connectivity index (χ0) is 14.5. The second-order valence-corrected chi connectivity index (χ2v) is 5.95. The van der Waals surface area contributed by atoms with Gasteiger partial charge in [0.15, 0.2) is 0 Å². The van der Waals surface area contributed by atoms with Crippen LogP contribution in [-0.4, -0.2) is 11.7 Å². The Kier molecular flexibility index (Phi) is 5.13. The molecule has 0 aliphatic heterocycles. The average molecular weight is 292 g/mol. The van der Waals surface area contributed by atoms with Crippen LogP contribution in [0.15, 0.2) is 36.5 Å². The van der Waals surface area contributed by atoms with E-state index in [0.29, 0.717) is 5.92 Å². The average Bonchev–Trinajstić information content (AvgIpc) is 2.77. The fourth-order valence-electron chi connectivity index (χ4n) is 2.29. The number of nitrogens with zero attached hydrogens (tertiary/aromatic N) is 1. The predicted molar refractivity (Wildman–Crippen MR) is 84.7 cm³/mol. The van der Waals surface area contributed by atoms with E-state index in [9.17, 15) is 0 Å². The summed E-state index contributed by atoms with van der Waals surface area (Å²) < 4.78 is 7.30. The summed E-state index contributed by atoms with van der Waals surface area (Å²) in [7, 11) is 1.69. The Morgan fingerprint density at radius 1 is 1.10 bits per heavy atom. The minimum Gasteiger partial charge on any atom is -0.497 e. The van der Waals surface area contributed by atoms with Crippen molar-refractivity contribution in [2.75, 3.05) is 7.11 Å². The topological polar surface area (TPSA) is 14.2 Å². The molecule has 2 rings (SSSR count). The monoisotopic (exact) mass is 291 g/mol. The van der Waals surface area contributed by atoms with E-state index < -0.39 is 0 Å². The van der Waals surface area contributed by atoms with Crippen molar-refractivity contribution in [3.63, 3.8) is 0 Å². The van der Waals surface area contributed by atoms with Crippen molar-refractivity contribution in [3.8, 4) is 5.75 Å². The highest BCUT2D eigenvalue weighted by Gasteiger charge is 2.06. The van der Waals surface area contributed by atoms with Crippen molar-refractivity contribution in [1.29, 1.82) is 0 Å². The predicted octanol–water partition coefficient (Wildman–Crippen LogP) is 4.59. The van der Waals surface area contributed by atoms with E-state index in [2.05, 4.69) is 42.8 Å². The molecule has 2 aromatic rings. The second kappa shape index (κ2) is 6.85. The summed E-state index contributed by atoms with van der Waals surface area (Å²) in [5.41, 5.74) is 2.62.